The van der Waals surface area contributed by atoms with Crippen molar-refractivity contribution in [2.75, 3.05) is 7.11 Å². The molecule has 1 N–H and O–H groups in total. The number of para-hydroxylation sites is 1. The average molecular weight is 233 g/mol. The van der Waals surface area contributed by atoms with Crippen molar-refractivity contribution in [2.45, 2.75) is 32.2 Å². The number of hydrogen-bond donors (Lipinski definition) is 1. The molecule has 17 heavy (non-hydrogen) atoms. The molecule has 0 heterocycles. The molecule has 3 nitrogen and oxygen atoms in total. The fourth-order valence-electron chi connectivity index (χ4n) is 2.01. The highest BCUT2D eigenvalue weighted by Crippen LogP contribution is 2.48. The lowest BCUT2D eigenvalue weighted by molar-refractivity contribution is -0.125. The molecular formula is C14H19NO2. The van der Waals surface area contributed by atoms with Gasteiger partial charge >= 0.3 is 0 Å². The fourth-order valence-corrected chi connectivity index (χ4v) is 2.01. The zero-order valence-corrected chi connectivity index (χ0v) is 10.6. The minimum atomic E-state index is -0.187. The highest BCUT2D eigenvalue weighted by atomic mass is 16.5. The Morgan fingerprint density at radius 3 is 2.53 bits per heavy atom. The predicted molar refractivity (Wildman–Crippen MR) is 66.9 cm³/mol. The second kappa shape index (κ2) is 4.40. The summed E-state index contributed by atoms with van der Waals surface area (Å²) < 4.78 is 5.36. The predicted octanol–water partition coefficient (Wildman–Crippen LogP) is 2.46. The van der Waals surface area contributed by atoms with Gasteiger partial charge in [-0.15, -0.1) is 0 Å². The smallest absolute Gasteiger partial charge is 0.223 e. The Kier molecular flexibility index (Phi) is 3.09. The minimum Gasteiger partial charge on any atom is -0.496 e. The molecule has 3 heteroatoms. The minimum absolute atomic E-state index is 0.0159. The number of amides is 1. The van der Waals surface area contributed by atoms with E-state index in [-0.39, 0.29) is 17.4 Å². The van der Waals surface area contributed by atoms with Gasteiger partial charge in [-0.3, -0.25) is 4.79 Å². The summed E-state index contributed by atoms with van der Waals surface area (Å²) in [5.41, 5.74) is 0.907. The summed E-state index contributed by atoms with van der Waals surface area (Å²) in [5, 5.41) is 3.14. The van der Waals surface area contributed by atoms with Crippen LogP contribution in [0, 0.1) is 5.92 Å². The highest BCUT2D eigenvalue weighted by Gasteiger charge is 2.47. The largest absolute Gasteiger partial charge is 0.496 e. The van der Waals surface area contributed by atoms with Gasteiger partial charge in [-0.1, -0.05) is 32.0 Å². The van der Waals surface area contributed by atoms with E-state index in [2.05, 4.69) is 5.32 Å². The highest BCUT2D eigenvalue weighted by molar-refractivity contribution is 5.79. The lowest BCUT2D eigenvalue weighted by Gasteiger charge is -2.21. The van der Waals surface area contributed by atoms with Crippen LogP contribution in [0.3, 0.4) is 0 Å². The molecule has 2 rings (SSSR count). The zero-order valence-electron chi connectivity index (χ0n) is 10.6. The van der Waals surface area contributed by atoms with Gasteiger partial charge in [0.2, 0.25) is 5.91 Å². The number of benzene rings is 1. The molecule has 1 aliphatic carbocycles. The number of carbonyl (C=O) groups excluding carboxylic acids is 1. The Bertz CT molecular complexity index is 422. The van der Waals surface area contributed by atoms with Crippen molar-refractivity contribution in [1.29, 1.82) is 0 Å². The van der Waals surface area contributed by atoms with Crippen LogP contribution in [-0.2, 0) is 10.3 Å². The van der Waals surface area contributed by atoms with Gasteiger partial charge in [-0.25, -0.2) is 0 Å². The topological polar surface area (TPSA) is 38.3 Å². The van der Waals surface area contributed by atoms with Crippen LogP contribution >= 0.6 is 0 Å². The summed E-state index contributed by atoms with van der Waals surface area (Å²) in [5.74, 6) is 0.977. The molecule has 0 aliphatic heterocycles. The van der Waals surface area contributed by atoms with Gasteiger partial charge in [0.1, 0.15) is 5.75 Å². The first-order valence-corrected chi connectivity index (χ1v) is 6.04. The van der Waals surface area contributed by atoms with Gasteiger partial charge in [0, 0.05) is 11.5 Å². The molecule has 0 bridgehead atoms. The second-order valence-corrected chi connectivity index (χ2v) is 4.93. The first kappa shape index (κ1) is 12.0. The van der Waals surface area contributed by atoms with Crippen LogP contribution in [0.15, 0.2) is 24.3 Å². The number of nitrogens with one attached hydrogen (secondary N) is 1. The molecule has 0 atom stereocenters. The molecule has 92 valence electrons. The van der Waals surface area contributed by atoms with Gasteiger partial charge in [0.25, 0.3) is 0 Å². The van der Waals surface area contributed by atoms with Crippen LogP contribution in [0.2, 0.25) is 0 Å². The van der Waals surface area contributed by atoms with Crippen molar-refractivity contribution >= 4 is 5.91 Å². The Morgan fingerprint density at radius 1 is 1.35 bits per heavy atom. The molecule has 0 aromatic heterocycles. The van der Waals surface area contributed by atoms with Crippen molar-refractivity contribution in [3.05, 3.63) is 29.8 Å². The van der Waals surface area contributed by atoms with Crippen LogP contribution in [0.4, 0.5) is 0 Å². The molecule has 1 aromatic carbocycles. The first-order chi connectivity index (χ1) is 8.09. The van der Waals surface area contributed by atoms with Gasteiger partial charge in [-0.05, 0) is 18.9 Å². The molecule has 0 saturated heterocycles. The van der Waals surface area contributed by atoms with Crippen LogP contribution < -0.4 is 10.1 Å². The fraction of sp³-hybridized carbons (Fsp3) is 0.500. The molecular weight excluding hydrogens is 214 g/mol. The third kappa shape index (κ3) is 2.28. The monoisotopic (exact) mass is 233 g/mol. The van der Waals surface area contributed by atoms with Gasteiger partial charge in [-0.2, -0.15) is 0 Å². The maximum Gasteiger partial charge on any atom is 0.223 e. The zero-order chi connectivity index (χ0) is 12.5. The molecule has 0 spiro atoms. The second-order valence-electron chi connectivity index (χ2n) is 4.93. The van der Waals surface area contributed by atoms with Crippen LogP contribution in [0.25, 0.3) is 0 Å². The van der Waals surface area contributed by atoms with E-state index in [0.717, 1.165) is 24.2 Å². The van der Waals surface area contributed by atoms with E-state index < -0.39 is 0 Å². The SMILES string of the molecule is COc1ccccc1C1(NC(=O)C(C)C)CC1. The number of rotatable bonds is 4. The Hall–Kier alpha value is -1.51. The summed E-state index contributed by atoms with van der Waals surface area (Å²) in [6.45, 7) is 3.82. The summed E-state index contributed by atoms with van der Waals surface area (Å²) in [4.78, 5) is 11.8. The van der Waals surface area contributed by atoms with E-state index in [1.807, 2.05) is 38.1 Å². The Morgan fingerprint density at radius 2 is 2.00 bits per heavy atom. The normalized spacial score (nSPS) is 16.7. The van der Waals surface area contributed by atoms with E-state index in [9.17, 15) is 4.79 Å². The number of hydrogen-bond acceptors (Lipinski definition) is 2. The lowest BCUT2D eigenvalue weighted by Crippen LogP contribution is -2.37. The van der Waals surface area contributed by atoms with Crippen LogP contribution in [0.1, 0.15) is 32.3 Å². The van der Waals surface area contributed by atoms with Crippen molar-refractivity contribution < 1.29 is 9.53 Å². The summed E-state index contributed by atoms with van der Waals surface area (Å²) in [6, 6.07) is 7.91. The van der Waals surface area contributed by atoms with Gasteiger partial charge < -0.3 is 10.1 Å². The van der Waals surface area contributed by atoms with Crippen molar-refractivity contribution in [1.82, 2.24) is 5.32 Å². The van der Waals surface area contributed by atoms with E-state index >= 15 is 0 Å². The molecule has 1 fully saturated rings. The molecule has 0 radical (unpaired) electrons. The van der Waals surface area contributed by atoms with E-state index in [1.165, 1.54) is 0 Å². The van der Waals surface area contributed by atoms with Gasteiger partial charge in [0.05, 0.1) is 12.6 Å². The molecule has 1 aliphatic rings. The summed E-state index contributed by atoms with van der Waals surface area (Å²) >= 11 is 0. The third-order valence-electron chi connectivity index (χ3n) is 3.26. The van der Waals surface area contributed by atoms with E-state index in [1.54, 1.807) is 7.11 Å². The van der Waals surface area contributed by atoms with Crippen LogP contribution in [-0.4, -0.2) is 13.0 Å². The van der Waals surface area contributed by atoms with Gasteiger partial charge in [0.15, 0.2) is 0 Å². The maximum atomic E-state index is 11.8. The summed E-state index contributed by atoms with van der Waals surface area (Å²) in [6.07, 6.45) is 1.98. The lowest BCUT2D eigenvalue weighted by atomic mass is 10.0. The van der Waals surface area contributed by atoms with Crippen molar-refractivity contribution in [3.63, 3.8) is 0 Å². The number of ether oxygens (including phenoxy) is 1. The number of methoxy groups -OCH3 is 1. The Balaban J connectivity index is 2.24. The van der Waals surface area contributed by atoms with Crippen molar-refractivity contribution in [3.8, 4) is 5.75 Å². The quantitative estimate of drug-likeness (QED) is 0.867. The third-order valence-corrected chi connectivity index (χ3v) is 3.26. The van der Waals surface area contributed by atoms with E-state index in [0.29, 0.717) is 0 Å². The number of carbonyl (C=O) groups is 1. The maximum absolute atomic E-state index is 11.8. The molecule has 1 saturated carbocycles. The molecule has 1 amide bonds. The molecule has 1 aromatic rings. The first-order valence-electron chi connectivity index (χ1n) is 6.04. The van der Waals surface area contributed by atoms with Crippen LogP contribution in [0.5, 0.6) is 5.75 Å². The standard InChI is InChI=1S/C14H19NO2/c1-10(2)13(16)15-14(8-9-14)11-6-4-5-7-12(11)17-3/h4-7,10H,8-9H2,1-3H3,(H,15,16). The van der Waals surface area contributed by atoms with E-state index in [4.69, 9.17) is 4.74 Å². The average Bonchev–Trinajstić information content (AvgIpc) is 3.09. The summed E-state index contributed by atoms with van der Waals surface area (Å²) in [7, 11) is 1.67. The molecule has 0 unspecified atom stereocenters. The van der Waals surface area contributed by atoms with Crippen molar-refractivity contribution in [2.24, 2.45) is 5.92 Å². The Labute approximate surface area is 102 Å².